The molecule has 0 radical (unpaired) electrons. The Bertz CT molecular complexity index is 909. The molecule has 1 aliphatic heterocycles. The predicted octanol–water partition coefficient (Wildman–Crippen LogP) is 4.74. The van der Waals surface area contributed by atoms with E-state index in [2.05, 4.69) is 9.98 Å². The third kappa shape index (κ3) is 3.11. The Hall–Kier alpha value is -2.29. The molecule has 1 aromatic carbocycles. The number of alkyl halides is 3. The van der Waals surface area contributed by atoms with Gasteiger partial charge in [-0.05, 0) is 12.5 Å². The van der Waals surface area contributed by atoms with E-state index in [1.807, 2.05) is 0 Å². The Morgan fingerprint density at radius 3 is 2.58 bits per heavy atom. The van der Waals surface area contributed by atoms with Crippen LogP contribution in [0.25, 0.3) is 10.9 Å². The predicted molar refractivity (Wildman–Crippen MR) is 85.3 cm³/mol. The van der Waals surface area contributed by atoms with Gasteiger partial charge in [-0.1, -0.05) is 6.92 Å². The molecular formula is C17H15F6N3. The van der Waals surface area contributed by atoms with Crippen LogP contribution in [0.2, 0.25) is 0 Å². The first-order valence-electron chi connectivity index (χ1n) is 7.89. The molecule has 2 atom stereocenters. The molecule has 0 saturated heterocycles. The van der Waals surface area contributed by atoms with Crippen LogP contribution in [0.3, 0.4) is 0 Å². The number of H-pyrrole nitrogens is 1. The van der Waals surface area contributed by atoms with Crippen LogP contribution in [0, 0.1) is 17.6 Å². The summed E-state index contributed by atoms with van der Waals surface area (Å²) in [6, 6.07) is 0.650. The van der Waals surface area contributed by atoms with E-state index >= 15 is 0 Å². The van der Waals surface area contributed by atoms with Crippen LogP contribution in [0.5, 0.6) is 0 Å². The van der Waals surface area contributed by atoms with Gasteiger partial charge >= 0.3 is 6.18 Å². The molecule has 0 fully saturated rings. The molecule has 140 valence electrons. The minimum absolute atomic E-state index is 0.0952. The van der Waals surface area contributed by atoms with Crippen LogP contribution in [0.15, 0.2) is 34.8 Å². The van der Waals surface area contributed by atoms with Gasteiger partial charge in [0.15, 0.2) is 0 Å². The molecule has 9 heteroatoms. The maximum absolute atomic E-state index is 14.2. The van der Waals surface area contributed by atoms with Crippen molar-refractivity contribution in [3.63, 3.8) is 0 Å². The van der Waals surface area contributed by atoms with Gasteiger partial charge in [0.25, 0.3) is 0 Å². The highest BCUT2D eigenvalue weighted by Gasteiger charge is 2.47. The molecule has 3 rings (SSSR count). The maximum atomic E-state index is 14.2. The lowest BCUT2D eigenvalue weighted by Gasteiger charge is -2.27. The summed E-state index contributed by atoms with van der Waals surface area (Å²) in [4.78, 5) is 6.34. The topological polar surface area (TPSA) is 54.2 Å². The van der Waals surface area contributed by atoms with Gasteiger partial charge in [-0.2, -0.15) is 13.2 Å². The number of rotatable bonds is 3. The van der Waals surface area contributed by atoms with Crippen molar-refractivity contribution in [1.82, 2.24) is 4.98 Å². The van der Waals surface area contributed by atoms with Gasteiger partial charge in [0.05, 0.1) is 16.9 Å². The second-order valence-electron chi connectivity index (χ2n) is 6.11. The molecule has 0 bridgehead atoms. The van der Waals surface area contributed by atoms with Crippen molar-refractivity contribution in [2.45, 2.75) is 32.0 Å². The van der Waals surface area contributed by atoms with Crippen molar-refractivity contribution in [2.24, 2.45) is 16.6 Å². The SMILES string of the molecule is CCC(N)C1=C(F)CC(C(F)(F)F)C(c2c[nH]c3c(F)cc(F)cc23)=N1. The number of aromatic amines is 1. The van der Waals surface area contributed by atoms with Gasteiger partial charge < -0.3 is 10.7 Å². The number of benzene rings is 1. The first kappa shape index (κ1) is 18.5. The fourth-order valence-electron chi connectivity index (χ4n) is 3.01. The molecule has 0 aliphatic carbocycles. The summed E-state index contributed by atoms with van der Waals surface area (Å²) in [5.41, 5.74) is 4.70. The van der Waals surface area contributed by atoms with E-state index in [0.29, 0.717) is 6.07 Å². The molecule has 2 unspecified atom stereocenters. The molecule has 0 saturated carbocycles. The van der Waals surface area contributed by atoms with Gasteiger partial charge in [0.2, 0.25) is 0 Å². The summed E-state index contributed by atoms with van der Waals surface area (Å²) in [6.45, 7) is 1.65. The Labute approximate surface area is 144 Å². The number of nitrogens with two attached hydrogens (primary N) is 1. The third-order valence-corrected chi connectivity index (χ3v) is 4.40. The smallest absolute Gasteiger partial charge is 0.358 e. The number of aliphatic imine (C=N–C) groups is 1. The number of aromatic nitrogens is 1. The second-order valence-corrected chi connectivity index (χ2v) is 6.11. The van der Waals surface area contributed by atoms with E-state index in [1.54, 1.807) is 6.92 Å². The highest BCUT2D eigenvalue weighted by Crippen LogP contribution is 2.41. The average Bonchev–Trinajstić information content (AvgIpc) is 2.97. The minimum atomic E-state index is -4.78. The molecule has 3 nitrogen and oxygen atoms in total. The molecule has 2 aromatic rings. The number of hydrogen-bond donors (Lipinski definition) is 2. The molecule has 0 spiro atoms. The lowest BCUT2D eigenvalue weighted by molar-refractivity contribution is -0.156. The number of allylic oxidation sites excluding steroid dienone is 1. The zero-order valence-electron chi connectivity index (χ0n) is 13.6. The van der Waals surface area contributed by atoms with Crippen LogP contribution in [-0.4, -0.2) is 22.9 Å². The van der Waals surface area contributed by atoms with E-state index in [-0.39, 0.29) is 28.6 Å². The highest BCUT2D eigenvalue weighted by molar-refractivity contribution is 6.13. The van der Waals surface area contributed by atoms with E-state index in [4.69, 9.17) is 5.73 Å². The lowest BCUT2D eigenvalue weighted by atomic mass is 9.88. The average molecular weight is 375 g/mol. The Morgan fingerprint density at radius 1 is 1.27 bits per heavy atom. The summed E-state index contributed by atoms with van der Waals surface area (Å²) in [6.07, 6.45) is -4.35. The molecule has 1 aromatic heterocycles. The highest BCUT2D eigenvalue weighted by atomic mass is 19.4. The summed E-state index contributed by atoms with van der Waals surface area (Å²) < 4.78 is 82.0. The molecule has 3 N–H and O–H groups in total. The Morgan fingerprint density at radius 2 is 1.96 bits per heavy atom. The second kappa shape index (κ2) is 6.46. The van der Waals surface area contributed by atoms with Gasteiger partial charge in [-0.15, -0.1) is 0 Å². The fraction of sp³-hybridized carbons (Fsp3) is 0.353. The van der Waals surface area contributed by atoms with Crippen molar-refractivity contribution < 1.29 is 26.3 Å². The maximum Gasteiger partial charge on any atom is 0.397 e. The minimum Gasteiger partial charge on any atom is -0.358 e. The van der Waals surface area contributed by atoms with Crippen LogP contribution in [0.1, 0.15) is 25.3 Å². The third-order valence-electron chi connectivity index (χ3n) is 4.40. The molecule has 2 heterocycles. The number of nitrogens with one attached hydrogen (secondary N) is 1. The Balaban J connectivity index is 2.24. The molecule has 26 heavy (non-hydrogen) atoms. The van der Waals surface area contributed by atoms with Crippen molar-refractivity contribution in [3.8, 4) is 0 Å². The van der Waals surface area contributed by atoms with Gasteiger partial charge in [0.1, 0.15) is 23.4 Å². The molecular weight excluding hydrogens is 360 g/mol. The van der Waals surface area contributed by atoms with Gasteiger partial charge in [-0.25, -0.2) is 13.2 Å². The number of halogens is 6. The normalized spacial score (nSPS) is 19.8. The fourth-order valence-corrected chi connectivity index (χ4v) is 3.01. The molecule has 1 aliphatic rings. The number of fused-ring (bicyclic) bond motifs is 1. The van der Waals surface area contributed by atoms with Crippen molar-refractivity contribution in [3.05, 3.63) is 47.1 Å². The summed E-state index contributed by atoms with van der Waals surface area (Å²) in [5, 5.41) is -0.0952. The van der Waals surface area contributed by atoms with Gasteiger partial charge in [-0.3, -0.25) is 4.99 Å². The van der Waals surface area contributed by atoms with Crippen molar-refractivity contribution >= 4 is 16.6 Å². The van der Waals surface area contributed by atoms with Crippen LogP contribution < -0.4 is 5.73 Å². The van der Waals surface area contributed by atoms with E-state index in [0.717, 1.165) is 12.3 Å². The van der Waals surface area contributed by atoms with E-state index < -0.39 is 47.7 Å². The van der Waals surface area contributed by atoms with E-state index in [1.165, 1.54) is 0 Å². The van der Waals surface area contributed by atoms with Crippen molar-refractivity contribution in [1.29, 1.82) is 0 Å². The van der Waals surface area contributed by atoms with Crippen LogP contribution in [-0.2, 0) is 0 Å². The first-order chi connectivity index (χ1) is 12.1. The zero-order chi connectivity index (χ0) is 19.2. The Kier molecular flexibility index (Phi) is 4.60. The van der Waals surface area contributed by atoms with Crippen molar-refractivity contribution in [2.75, 3.05) is 0 Å². The summed E-state index contributed by atoms with van der Waals surface area (Å²) in [5.74, 6) is -5.15. The van der Waals surface area contributed by atoms with Gasteiger partial charge in [0, 0.05) is 35.7 Å². The standard InChI is InChI=1S/C17H15F6N3/c1-2-13(24)16-12(20)5-10(17(21,22)23)14(26-16)9-6-25-15-8(9)3-7(18)4-11(15)19/h3-4,6,10,13,25H,2,5,24H2,1H3. The number of nitrogens with zero attached hydrogens (tertiary/aromatic N) is 1. The van der Waals surface area contributed by atoms with Crippen LogP contribution >= 0.6 is 0 Å². The monoisotopic (exact) mass is 375 g/mol. The summed E-state index contributed by atoms with van der Waals surface area (Å²) in [7, 11) is 0. The molecule has 0 amide bonds. The number of hydrogen-bond acceptors (Lipinski definition) is 2. The lowest BCUT2D eigenvalue weighted by Crippen LogP contribution is -2.36. The summed E-state index contributed by atoms with van der Waals surface area (Å²) >= 11 is 0. The van der Waals surface area contributed by atoms with Crippen LogP contribution in [0.4, 0.5) is 26.3 Å². The van der Waals surface area contributed by atoms with E-state index in [9.17, 15) is 26.3 Å². The zero-order valence-corrected chi connectivity index (χ0v) is 13.6. The largest absolute Gasteiger partial charge is 0.397 e. The first-order valence-corrected chi connectivity index (χ1v) is 7.89. The quantitative estimate of drug-likeness (QED) is 0.749.